The minimum atomic E-state index is -2.70. The number of benzene rings is 1. The molecule has 0 saturated carbocycles. The van der Waals surface area contributed by atoms with Crippen molar-refractivity contribution in [3.05, 3.63) is 40.2 Å². The van der Waals surface area contributed by atoms with Crippen LogP contribution in [-0.2, 0) is 18.3 Å². The molecule has 32 heavy (non-hydrogen) atoms. The molecule has 5 rings (SSSR count). The third-order valence-corrected chi connectivity index (χ3v) is 7.30. The number of rotatable bonds is 4. The molecule has 1 aromatic carbocycles. The maximum atomic E-state index is 12.5. The Morgan fingerprint density at radius 3 is 2.78 bits per heavy atom. The van der Waals surface area contributed by atoms with Crippen LogP contribution in [0.3, 0.4) is 0 Å². The fraction of sp³-hybridized carbons (Fsp3) is 0.421. The van der Waals surface area contributed by atoms with Crippen LogP contribution in [0.25, 0.3) is 11.2 Å². The molecule has 4 heterocycles. The quantitative estimate of drug-likeness (QED) is 0.474. The van der Waals surface area contributed by atoms with E-state index in [2.05, 4.69) is 28.8 Å². The fourth-order valence-corrected chi connectivity index (χ4v) is 5.61. The van der Waals surface area contributed by atoms with Gasteiger partial charge >= 0.3 is 8.25 Å². The summed E-state index contributed by atoms with van der Waals surface area (Å²) >= 11 is 1.30. The lowest BCUT2D eigenvalue weighted by Crippen LogP contribution is -2.37. The molecule has 2 aliphatic rings. The van der Waals surface area contributed by atoms with Gasteiger partial charge in [-0.25, -0.2) is 4.98 Å². The van der Waals surface area contributed by atoms with E-state index in [1.165, 1.54) is 21.9 Å². The number of aromatic nitrogens is 4. The van der Waals surface area contributed by atoms with E-state index in [-0.39, 0.29) is 23.7 Å². The maximum Gasteiger partial charge on any atom is 0.319 e. The Labute approximate surface area is 187 Å². The number of aliphatic hydroxyl groups excluding tert-OH is 1. The van der Waals surface area contributed by atoms with Crippen LogP contribution in [-0.4, -0.2) is 49.5 Å². The van der Waals surface area contributed by atoms with E-state index in [9.17, 15) is 14.5 Å². The Hall–Kier alpha value is -2.21. The minimum Gasteiger partial charge on any atom is -0.386 e. The summed E-state index contributed by atoms with van der Waals surface area (Å²) in [7, 11) is -2.70. The summed E-state index contributed by atoms with van der Waals surface area (Å²) < 4.78 is 29.6. The third kappa shape index (κ3) is 3.76. The van der Waals surface area contributed by atoms with Crippen LogP contribution in [0.5, 0.6) is 0 Å². The largest absolute Gasteiger partial charge is 0.386 e. The molecule has 2 saturated heterocycles. The molecule has 3 aromatic rings. The topological polar surface area (TPSA) is 155 Å². The molecule has 0 spiro atoms. The van der Waals surface area contributed by atoms with Crippen molar-refractivity contribution in [2.24, 2.45) is 0 Å². The van der Waals surface area contributed by atoms with Crippen LogP contribution in [0.1, 0.15) is 31.6 Å². The summed E-state index contributed by atoms with van der Waals surface area (Å²) in [5.41, 5.74) is 6.70. The van der Waals surface area contributed by atoms with Gasteiger partial charge in [-0.1, -0.05) is 37.7 Å². The van der Waals surface area contributed by atoms with E-state index in [1.54, 1.807) is 0 Å². The predicted molar refractivity (Wildman–Crippen MR) is 117 cm³/mol. The van der Waals surface area contributed by atoms with Gasteiger partial charge in [0.25, 0.3) is 5.56 Å². The number of aliphatic hydroxyl groups is 1. The summed E-state index contributed by atoms with van der Waals surface area (Å²) in [5.74, 6) is 0.306. The number of anilines is 1. The van der Waals surface area contributed by atoms with Crippen LogP contribution < -0.4 is 11.3 Å². The Bertz CT molecular complexity index is 1250. The molecule has 0 bridgehead atoms. The lowest BCUT2D eigenvalue weighted by atomic mass is 10.0. The number of nitrogens with zero attached hydrogens (tertiary/aromatic N) is 3. The second-order valence-corrected chi connectivity index (χ2v) is 9.98. The first-order valence-electron chi connectivity index (χ1n) is 10.0. The third-order valence-electron chi connectivity index (χ3n) is 5.45. The number of fused-ring (bicyclic) bond motifs is 2. The highest BCUT2D eigenvalue weighted by Gasteiger charge is 2.50. The maximum absolute atomic E-state index is 12.5. The van der Waals surface area contributed by atoms with E-state index < -0.39 is 38.4 Å². The highest BCUT2D eigenvalue weighted by Crippen LogP contribution is 2.44. The Morgan fingerprint density at radius 2 is 2.06 bits per heavy atom. The first-order valence-corrected chi connectivity index (χ1v) is 12.1. The molecular formula is C19H22N5O6PS. The number of H-pyrrole nitrogens is 1. The number of imidazole rings is 1. The molecule has 0 radical (unpaired) electrons. The van der Waals surface area contributed by atoms with Crippen LogP contribution >= 0.6 is 20.0 Å². The highest BCUT2D eigenvalue weighted by molar-refractivity contribution is 7.99. The fourth-order valence-electron chi connectivity index (χ4n) is 3.82. The molecule has 2 fully saturated rings. The van der Waals surface area contributed by atoms with Crippen molar-refractivity contribution in [2.45, 2.75) is 54.4 Å². The van der Waals surface area contributed by atoms with Crippen LogP contribution in [0.2, 0.25) is 0 Å². The van der Waals surface area contributed by atoms with Crippen molar-refractivity contribution < 1.29 is 23.5 Å². The minimum absolute atomic E-state index is 0.0257. The average Bonchev–Trinajstić information content (AvgIpc) is 3.26. The predicted octanol–water partition coefficient (Wildman–Crippen LogP) is 2.04. The molecule has 2 aliphatic heterocycles. The zero-order valence-corrected chi connectivity index (χ0v) is 19.0. The van der Waals surface area contributed by atoms with E-state index in [0.717, 1.165) is 4.90 Å². The molecule has 3 unspecified atom stereocenters. The molecule has 0 amide bonds. The van der Waals surface area contributed by atoms with Gasteiger partial charge < -0.3 is 24.6 Å². The van der Waals surface area contributed by atoms with Gasteiger partial charge in [0.05, 0.1) is 6.61 Å². The van der Waals surface area contributed by atoms with Crippen molar-refractivity contribution in [1.29, 1.82) is 0 Å². The molecule has 4 N–H and O–H groups in total. The standard InChI is InChI=1S/C19H22N5O6PS/c1-8(2)9-3-5-10(6-4-9)32-19-21-12-15(22-18(20)23-16(12)26)24(19)17-13(25)14-11(29-17)7-28-31(27)30-14/h3-6,8,11,13-14,17,25,31H,7H2,1-2H3,(H3,20,22,23,26)/t11?,13?,14-,17-/m1/s1. The Balaban J connectivity index is 1.59. The van der Waals surface area contributed by atoms with E-state index in [0.29, 0.717) is 11.1 Å². The van der Waals surface area contributed by atoms with Crippen molar-refractivity contribution in [3.8, 4) is 0 Å². The molecule has 170 valence electrons. The van der Waals surface area contributed by atoms with Crippen molar-refractivity contribution in [3.63, 3.8) is 0 Å². The normalized spacial score (nSPS) is 27.8. The summed E-state index contributed by atoms with van der Waals surface area (Å²) in [6.07, 6.45) is -3.63. The van der Waals surface area contributed by atoms with Gasteiger partial charge in [-0.05, 0) is 23.6 Å². The van der Waals surface area contributed by atoms with E-state index in [1.807, 2.05) is 24.3 Å². The number of hydrogen-bond acceptors (Lipinski definition) is 10. The SMILES string of the molecule is CC(C)c1ccc(Sc2nc3c(=O)[nH]c(N)nc3n2[C@@H]2OC3CO[PH](=O)O[C@H]3C2O)cc1. The monoisotopic (exact) mass is 479 g/mol. The number of nitrogen functional groups attached to an aromatic ring is 1. The second-order valence-electron chi connectivity index (χ2n) is 7.91. The van der Waals surface area contributed by atoms with E-state index in [4.69, 9.17) is 19.5 Å². The Kier molecular flexibility index (Phi) is 5.60. The van der Waals surface area contributed by atoms with Gasteiger partial charge in [0.15, 0.2) is 22.5 Å². The molecule has 0 aliphatic carbocycles. The van der Waals surface area contributed by atoms with Gasteiger partial charge in [0.1, 0.15) is 18.3 Å². The first kappa shape index (κ1) is 21.6. The lowest BCUT2D eigenvalue weighted by molar-refractivity contribution is -0.0583. The summed E-state index contributed by atoms with van der Waals surface area (Å²) in [6.45, 7) is 4.25. The lowest BCUT2D eigenvalue weighted by Gasteiger charge is -2.24. The summed E-state index contributed by atoms with van der Waals surface area (Å²) in [6, 6.07) is 7.98. The Morgan fingerprint density at radius 1 is 1.31 bits per heavy atom. The van der Waals surface area contributed by atoms with Gasteiger partial charge in [0.2, 0.25) is 5.95 Å². The summed E-state index contributed by atoms with van der Waals surface area (Å²) in [4.78, 5) is 24.5. The van der Waals surface area contributed by atoms with Crippen molar-refractivity contribution in [1.82, 2.24) is 19.5 Å². The number of ether oxygens (including phenoxy) is 1. The number of nitrogens with two attached hydrogens (primary N) is 1. The van der Waals surface area contributed by atoms with Crippen LogP contribution in [0, 0.1) is 0 Å². The van der Waals surface area contributed by atoms with Gasteiger partial charge in [0, 0.05) is 4.90 Å². The number of hydrogen-bond donors (Lipinski definition) is 3. The van der Waals surface area contributed by atoms with Gasteiger partial charge in [-0.15, -0.1) is 0 Å². The molecule has 5 atom stereocenters. The number of nitrogens with one attached hydrogen (secondary N) is 1. The van der Waals surface area contributed by atoms with Crippen molar-refractivity contribution in [2.75, 3.05) is 12.3 Å². The highest BCUT2D eigenvalue weighted by atomic mass is 32.2. The van der Waals surface area contributed by atoms with E-state index >= 15 is 0 Å². The van der Waals surface area contributed by atoms with Gasteiger partial charge in [-0.3, -0.25) is 18.9 Å². The zero-order valence-electron chi connectivity index (χ0n) is 17.2. The first-order chi connectivity index (χ1) is 15.3. The zero-order chi connectivity index (χ0) is 22.6. The van der Waals surface area contributed by atoms with Crippen LogP contribution in [0.4, 0.5) is 5.95 Å². The molecule has 13 heteroatoms. The van der Waals surface area contributed by atoms with Crippen molar-refractivity contribution >= 4 is 37.1 Å². The molecule has 2 aromatic heterocycles. The smallest absolute Gasteiger partial charge is 0.319 e. The van der Waals surface area contributed by atoms with Crippen LogP contribution in [0.15, 0.2) is 39.1 Å². The average molecular weight is 479 g/mol. The molecular weight excluding hydrogens is 457 g/mol. The second kappa shape index (κ2) is 8.29. The summed E-state index contributed by atoms with van der Waals surface area (Å²) in [5, 5.41) is 11.3. The number of aromatic amines is 1. The molecule has 11 nitrogen and oxygen atoms in total. The van der Waals surface area contributed by atoms with Gasteiger partial charge in [-0.2, -0.15) is 4.98 Å².